The van der Waals surface area contributed by atoms with E-state index >= 15 is 0 Å². The van der Waals surface area contributed by atoms with Gasteiger partial charge in [-0.25, -0.2) is 0 Å². The first kappa shape index (κ1) is 6.40. The second-order valence-electron chi connectivity index (χ2n) is 2.37. The van der Waals surface area contributed by atoms with E-state index in [1.165, 1.54) is 5.57 Å². The highest BCUT2D eigenvalue weighted by Crippen LogP contribution is 2.26. The molecule has 0 saturated carbocycles. The standard InChI is InChI=1S/C8H12O/c1-4-8-5-6(2)9-7(8)3/h4,6H,3,5H2,1-2H3/b8-4-. The smallest absolute Gasteiger partial charge is 0.115 e. The first-order valence-electron chi connectivity index (χ1n) is 3.25. The average molecular weight is 124 g/mol. The molecular weight excluding hydrogens is 112 g/mol. The fraction of sp³-hybridized carbons (Fsp3) is 0.500. The summed E-state index contributed by atoms with van der Waals surface area (Å²) in [6.07, 6.45) is 3.42. The third-order valence-corrected chi connectivity index (χ3v) is 1.56. The van der Waals surface area contributed by atoms with Gasteiger partial charge in [-0.1, -0.05) is 12.7 Å². The summed E-state index contributed by atoms with van der Waals surface area (Å²) in [5, 5.41) is 0. The SMILES string of the molecule is C=C1OC(C)C/C1=C/C. The minimum atomic E-state index is 0.337. The molecule has 0 aromatic carbocycles. The van der Waals surface area contributed by atoms with Crippen LogP contribution in [0.3, 0.4) is 0 Å². The van der Waals surface area contributed by atoms with Crippen LogP contribution in [0, 0.1) is 0 Å². The molecule has 1 saturated heterocycles. The quantitative estimate of drug-likeness (QED) is 0.481. The predicted molar refractivity (Wildman–Crippen MR) is 38.1 cm³/mol. The van der Waals surface area contributed by atoms with Gasteiger partial charge in [-0.2, -0.15) is 0 Å². The molecule has 1 aliphatic rings. The van der Waals surface area contributed by atoms with E-state index in [2.05, 4.69) is 19.6 Å². The van der Waals surface area contributed by atoms with Crippen LogP contribution in [0.5, 0.6) is 0 Å². The van der Waals surface area contributed by atoms with Crippen LogP contribution >= 0.6 is 0 Å². The number of hydrogen-bond acceptors (Lipinski definition) is 1. The van der Waals surface area contributed by atoms with Crippen LogP contribution in [0.1, 0.15) is 20.3 Å². The second-order valence-corrected chi connectivity index (χ2v) is 2.37. The van der Waals surface area contributed by atoms with Crippen molar-refractivity contribution in [2.75, 3.05) is 0 Å². The Kier molecular flexibility index (Phi) is 1.60. The zero-order chi connectivity index (χ0) is 6.85. The number of allylic oxidation sites excluding steroid dienone is 2. The first-order chi connectivity index (χ1) is 4.24. The summed E-state index contributed by atoms with van der Waals surface area (Å²) in [7, 11) is 0. The van der Waals surface area contributed by atoms with Crippen molar-refractivity contribution in [3.8, 4) is 0 Å². The van der Waals surface area contributed by atoms with E-state index in [9.17, 15) is 0 Å². The van der Waals surface area contributed by atoms with Crippen LogP contribution in [0.2, 0.25) is 0 Å². The lowest BCUT2D eigenvalue weighted by Gasteiger charge is -1.98. The Labute approximate surface area is 56.0 Å². The summed E-state index contributed by atoms with van der Waals surface area (Å²) in [6, 6.07) is 0. The molecule has 1 fully saturated rings. The molecule has 0 aromatic heterocycles. The van der Waals surface area contributed by atoms with Gasteiger partial charge in [-0.05, 0) is 19.4 Å². The maximum Gasteiger partial charge on any atom is 0.115 e. The molecule has 0 amide bonds. The van der Waals surface area contributed by atoms with Gasteiger partial charge in [0.1, 0.15) is 11.9 Å². The van der Waals surface area contributed by atoms with Crippen LogP contribution in [0.25, 0.3) is 0 Å². The highest BCUT2D eigenvalue weighted by Gasteiger charge is 2.18. The van der Waals surface area contributed by atoms with Gasteiger partial charge >= 0.3 is 0 Å². The van der Waals surface area contributed by atoms with Gasteiger partial charge < -0.3 is 4.74 Å². The highest BCUT2D eigenvalue weighted by atomic mass is 16.5. The van der Waals surface area contributed by atoms with Crippen molar-refractivity contribution in [1.82, 2.24) is 0 Å². The second kappa shape index (κ2) is 2.26. The summed E-state index contributed by atoms with van der Waals surface area (Å²) >= 11 is 0. The lowest BCUT2D eigenvalue weighted by atomic mass is 10.1. The van der Waals surface area contributed by atoms with Gasteiger partial charge in [0.2, 0.25) is 0 Å². The van der Waals surface area contributed by atoms with Crippen molar-refractivity contribution >= 4 is 0 Å². The van der Waals surface area contributed by atoms with E-state index < -0.39 is 0 Å². The average Bonchev–Trinajstić information content (AvgIpc) is 2.10. The minimum Gasteiger partial charge on any atom is -0.491 e. The van der Waals surface area contributed by atoms with Gasteiger partial charge in [0.15, 0.2) is 0 Å². The Hall–Kier alpha value is -0.720. The summed E-state index contributed by atoms with van der Waals surface area (Å²) in [6.45, 7) is 7.84. The van der Waals surface area contributed by atoms with Gasteiger partial charge in [-0.15, -0.1) is 0 Å². The zero-order valence-electron chi connectivity index (χ0n) is 5.98. The molecule has 1 unspecified atom stereocenters. The maximum absolute atomic E-state index is 5.30. The molecule has 1 heteroatoms. The van der Waals surface area contributed by atoms with Gasteiger partial charge in [0, 0.05) is 6.42 Å². The highest BCUT2D eigenvalue weighted by molar-refractivity contribution is 5.26. The maximum atomic E-state index is 5.30. The summed E-state index contributed by atoms with van der Waals surface area (Å²) in [5.41, 5.74) is 1.25. The molecular formula is C8H12O. The molecule has 1 atom stereocenters. The lowest BCUT2D eigenvalue weighted by Crippen LogP contribution is -1.93. The number of rotatable bonds is 0. The number of hydrogen-bond donors (Lipinski definition) is 0. The van der Waals surface area contributed by atoms with Crippen LogP contribution in [-0.4, -0.2) is 6.10 Å². The molecule has 9 heavy (non-hydrogen) atoms. The van der Waals surface area contributed by atoms with Crippen LogP contribution < -0.4 is 0 Å². The fourth-order valence-electron chi connectivity index (χ4n) is 1.06. The monoisotopic (exact) mass is 124 g/mol. The molecule has 0 bridgehead atoms. The normalized spacial score (nSPS) is 31.1. The Balaban J connectivity index is 2.70. The molecule has 1 heterocycles. The van der Waals surface area contributed by atoms with E-state index in [-0.39, 0.29) is 0 Å². The molecule has 50 valence electrons. The third-order valence-electron chi connectivity index (χ3n) is 1.56. The Morgan fingerprint density at radius 3 is 2.67 bits per heavy atom. The van der Waals surface area contributed by atoms with Crippen LogP contribution in [-0.2, 0) is 4.74 Å². The minimum absolute atomic E-state index is 0.337. The molecule has 1 aliphatic heterocycles. The molecule has 0 aromatic rings. The Morgan fingerprint density at radius 2 is 2.44 bits per heavy atom. The topological polar surface area (TPSA) is 9.23 Å². The van der Waals surface area contributed by atoms with E-state index in [1.54, 1.807) is 0 Å². The van der Waals surface area contributed by atoms with Crippen molar-refractivity contribution in [3.63, 3.8) is 0 Å². The molecule has 1 nitrogen and oxygen atoms in total. The van der Waals surface area contributed by atoms with E-state index in [0.717, 1.165) is 12.2 Å². The van der Waals surface area contributed by atoms with Crippen molar-refractivity contribution in [3.05, 3.63) is 24.0 Å². The summed E-state index contributed by atoms with van der Waals surface area (Å²) in [5.74, 6) is 0.852. The Bertz CT molecular complexity index is 156. The number of ether oxygens (including phenoxy) is 1. The zero-order valence-corrected chi connectivity index (χ0v) is 5.98. The van der Waals surface area contributed by atoms with Gasteiger partial charge in [0.25, 0.3) is 0 Å². The molecule has 0 aliphatic carbocycles. The van der Waals surface area contributed by atoms with Crippen molar-refractivity contribution in [2.45, 2.75) is 26.4 Å². The van der Waals surface area contributed by atoms with Crippen molar-refractivity contribution in [1.29, 1.82) is 0 Å². The van der Waals surface area contributed by atoms with Gasteiger partial charge in [0.05, 0.1) is 0 Å². The first-order valence-corrected chi connectivity index (χ1v) is 3.25. The lowest BCUT2D eigenvalue weighted by molar-refractivity contribution is 0.179. The summed E-state index contributed by atoms with van der Waals surface area (Å²) in [4.78, 5) is 0. The van der Waals surface area contributed by atoms with Crippen LogP contribution in [0.4, 0.5) is 0 Å². The fourth-order valence-corrected chi connectivity index (χ4v) is 1.06. The predicted octanol–water partition coefficient (Wildman–Crippen LogP) is 2.26. The summed E-state index contributed by atoms with van der Waals surface area (Å²) < 4.78 is 5.30. The molecule has 1 rings (SSSR count). The third kappa shape index (κ3) is 1.15. The van der Waals surface area contributed by atoms with E-state index in [4.69, 9.17) is 4.74 Å². The van der Waals surface area contributed by atoms with E-state index in [1.807, 2.05) is 6.92 Å². The largest absolute Gasteiger partial charge is 0.491 e. The van der Waals surface area contributed by atoms with Crippen molar-refractivity contribution < 1.29 is 4.74 Å². The molecule has 0 radical (unpaired) electrons. The molecule has 0 N–H and O–H groups in total. The van der Waals surface area contributed by atoms with Crippen molar-refractivity contribution in [2.24, 2.45) is 0 Å². The van der Waals surface area contributed by atoms with E-state index in [0.29, 0.717) is 6.10 Å². The Morgan fingerprint density at radius 1 is 1.78 bits per heavy atom. The van der Waals surface area contributed by atoms with Crippen LogP contribution in [0.15, 0.2) is 24.0 Å². The van der Waals surface area contributed by atoms with Gasteiger partial charge in [-0.3, -0.25) is 0 Å². The molecule has 0 spiro atoms.